The molecule has 1 nitrogen and oxygen atoms in total. The summed E-state index contributed by atoms with van der Waals surface area (Å²) in [5.74, 6) is 1.36. The Morgan fingerprint density at radius 2 is 0.730 bits per heavy atom. The summed E-state index contributed by atoms with van der Waals surface area (Å²) < 4.78 is 6.87. The Morgan fingerprint density at radius 3 is 1.05 bits per heavy atom. The summed E-state index contributed by atoms with van der Waals surface area (Å²) in [7, 11) is 0. The molecule has 0 bridgehead atoms. The molecular weight excluding hydrogens is 448 g/mol. The Labute approximate surface area is 233 Å². The molecule has 216 valence electrons. The lowest BCUT2D eigenvalue weighted by Crippen LogP contribution is -2.22. The molecule has 0 aromatic carbocycles. The van der Waals surface area contributed by atoms with Crippen molar-refractivity contribution in [2.24, 2.45) is 11.8 Å². The van der Waals surface area contributed by atoms with E-state index in [2.05, 4.69) is 39.8 Å². The number of ether oxygens (including phenoxy) is 1. The molecule has 0 N–H and O–H groups in total. The largest absolute Gasteiger partial charge is 0.367 e. The zero-order chi connectivity index (χ0) is 26.6. The van der Waals surface area contributed by atoms with Crippen LogP contribution in [0.15, 0.2) is 23.3 Å². The molecule has 0 spiro atoms. The normalized spacial score (nSPS) is 30.6. The third kappa shape index (κ3) is 16.2. The molecule has 0 heterocycles. The van der Waals surface area contributed by atoms with Gasteiger partial charge in [0.1, 0.15) is 0 Å². The molecule has 0 aromatic heterocycles. The van der Waals surface area contributed by atoms with Crippen LogP contribution in [0.1, 0.15) is 182 Å². The van der Waals surface area contributed by atoms with Crippen molar-refractivity contribution in [3.8, 4) is 0 Å². The highest BCUT2D eigenvalue weighted by molar-refractivity contribution is 5.13. The first-order chi connectivity index (χ1) is 18.1. The van der Waals surface area contributed by atoms with Crippen LogP contribution in [-0.4, -0.2) is 12.2 Å². The highest BCUT2D eigenvalue weighted by Crippen LogP contribution is 2.27. The zero-order valence-corrected chi connectivity index (χ0v) is 25.8. The molecule has 2 rings (SSSR count). The van der Waals surface area contributed by atoms with Gasteiger partial charge in [-0.15, -0.1) is 0 Å². The highest BCUT2D eigenvalue weighted by atomic mass is 16.5. The Bertz CT molecular complexity index is 550. The molecule has 0 saturated heterocycles. The maximum absolute atomic E-state index is 6.87. The summed E-state index contributed by atoms with van der Waals surface area (Å²) in [6.45, 7) is 9.58. The Balaban J connectivity index is 2.01. The smallest absolute Gasteiger partial charge is 0.0765 e. The quantitative estimate of drug-likeness (QED) is 0.339. The van der Waals surface area contributed by atoms with E-state index >= 15 is 0 Å². The number of allylic oxidation sites excluding steroid dienone is 2. The maximum Gasteiger partial charge on any atom is 0.0765 e. The molecule has 2 aliphatic rings. The Morgan fingerprint density at radius 1 is 0.459 bits per heavy atom. The molecule has 0 saturated carbocycles. The van der Waals surface area contributed by atoms with Crippen LogP contribution in [-0.2, 0) is 4.74 Å². The van der Waals surface area contributed by atoms with Crippen LogP contribution in [0.5, 0.6) is 0 Å². The van der Waals surface area contributed by atoms with Crippen LogP contribution < -0.4 is 0 Å². The standard InChI is InChI=1S/C36H66O/c1-31-25-21-17-13-9-5-7-11-15-19-23-27-35(29-31)33(3)37-34(4)36-28-24-20-16-12-8-6-10-14-18-22-26-32(2)30-36/h29-34H,5-28H2,1-4H3/b35-29+,36-30+. The monoisotopic (exact) mass is 515 g/mol. The maximum atomic E-state index is 6.87. The molecule has 4 unspecified atom stereocenters. The molecule has 0 radical (unpaired) electrons. The SMILES string of the molecule is CC1/C=C(/C(C)OC(C)/C2=C/C(C)CCCCCCCCCCCC2)CCCCCCCCCCCC1. The molecule has 1 heteroatoms. The van der Waals surface area contributed by atoms with Crippen LogP contribution in [0.2, 0.25) is 0 Å². The minimum atomic E-state index is 0.237. The van der Waals surface area contributed by atoms with Gasteiger partial charge in [0.2, 0.25) is 0 Å². The van der Waals surface area contributed by atoms with Gasteiger partial charge in [0, 0.05) is 0 Å². The van der Waals surface area contributed by atoms with E-state index in [9.17, 15) is 0 Å². The van der Waals surface area contributed by atoms with Crippen molar-refractivity contribution in [2.45, 2.75) is 194 Å². The van der Waals surface area contributed by atoms with Crippen molar-refractivity contribution in [3.63, 3.8) is 0 Å². The van der Waals surface area contributed by atoms with Crippen molar-refractivity contribution in [1.82, 2.24) is 0 Å². The molecule has 0 aliphatic heterocycles. The summed E-state index contributed by atoms with van der Waals surface area (Å²) in [5.41, 5.74) is 3.17. The second-order valence-electron chi connectivity index (χ2n) is 13.0. The van der Waals surface area contributed by atoms with Crippen molar-refractivity contribution in [1.29, 1.82) is 0 Å². The first-order valence-corrected chi connectivity index (χ1v) is 17.1. The fraction of sp³-hybridized carbons (Fsp3) is 0.889. The average molecular weight is 515 g/mol. The summed E-state index contributed by atoms with van der Waals surface area (Å²) in [5, 5.41) is 0. The second kappa shape index (κ2) is 21.3. The minimum Gasteiger partial charge on any atom is -0.367 e. The molecule has 4 atom stereocenters. The fourth-order valence-electron chi connectivity index (χ4n) is 6.64. The van der Waals surface area contributed by atoms with Gasteiger partial charge in [-0.2, -0.15) is 0 Å². The van der Waals surface area contributed by atoms with Gasteiger partial charge < -0.3 is 4.74 Å². The van der Waals surface area contributed by atoms with Gasteiger partial charge in [-0.3, -0.25) is 0 Å². The van der Waals surface area contributed by atoms with Crippen molar-refractivity contribution >= 4 is 0 Å². The lowest BCUT2D eigenvalue weighted by molar-refractivity contribution is 0.0446. The van der Waals surface area contributed by atoms with E-state index in [1.54, 1.807) is 11.1 Å². The molecule has 37 heavy (non-hydrogen) atoms. The van der Waals surface area contributed by atoms with E-state index in [0.717, 1.165) is 0 Å². The highest BCUT2D eigenvalue weighted by Gasteiger charge is 2.18. The Kier molecular flexibility index (Phi) is 18.8. The third-order valence-corrected chi connectivity index (χ3v) is 9.20. The van der Waals surface area contributed by atoms with E-state index in [4.69, 9.17) is 4.74 Å². The van der Waals surface area contributed by atoms with Crippen LogP contribution in [0.4, 0.5) is 0 Å². The van der Waals surface area contributed by atoms with Gasteiger partial charge in [0.25, 0.3) is 0 Å². The summed E-state index contributed by atoms with van der Waals surface area (Å²) >= 11 is 0. The van der Waals surface area contributed by atoms with Crippen molar-refractivity contribution in [2.75, 3.05) is 0 Å². The van der Waals surface area contributed by atoms with Crippen LogP contribution in [0.25, 0.3) is 0 Å². The number of hydrogen-bond donors (Lipinski definition) is 0. The van der Waals surface area contributed by atoms with Crippen molar-refractivity contribution in [3.05, 3.63) is 23.3 Å². The second-order valence-corrected chi connectivity index (χ2v) is 13.0. The van der Waals surface area contributed by atoms with Gasteiger partial charge in [-0.1, -0.05) is 142 Å². The summed E-state index contributed by atoms with van der Waals surface area (Å²) in [6, 6.07) is 0. The van der Waals surface area contributed by atoms with Crippen molar-refractivity contribution < 1.29 is 4.74 Å². The van der Waals surface area contributed by atoms with Gasteiger partial charge in [0.15, 0.2) is 0 Å². The van der Waals surface area contributed by atoms with E-state index in [-0.39, 0.29) is 12.2 Å². The van der Waals surface area contributed by atoms with Crippen LogP contribution >= 0.6 is 0 Å². The van der Waals surface area contributed by atoms with Gasteiger partial charge in [-0.05, 0) is 75.4 Å². The van der Waals surface area contributed by atoms with Gasteiger partial charge >= 0.3 is 0 Å². The van der Waals surface area contributed by atoms with E-state index in [1.165, 1.54) is 154 Å². The average Bonchev–Trinajstić information content (AvgIpc) is 2.89. The number of rotatable bonds is 4. The van der Waals surface area contributed by atoms with E-state index < -0.39 is 0 Å². The molecule has 0 amide bonds. The first kappa shape index (κ1) is 32.7. The minimum absolute atomic E-state index is 0.237. The Hall–Kier alpha value is -0.560. The topological polar surface area (TPSA) is 9.23 Å². The molecular formula is C36H66O. The van der Waals surface area contributed by atoms with Crippen LogP contribution in [0, 0.1) is 11.8 Å². The lowest BCUT2D eigenvalue weighted by Gasteiger charge is -2.26. The summed E-state index contributed by atoms with van der Waals surface area (Å²) in [6.07, 6.45) is 39.2. The number of hydrogen-bond acceptors (Lipinski definition) is 1. The molecule has 0 aromatic rings. The predicted molar refractivity (Wildman–Crippen MR) is 165 cm³/mol. The summed E-state index contributed by atoms with van der Waals surface area (Å²) in [4.78, 5) is 0. The van der Waals surface area contributed by atoms with Gasteiger partial charge in [-0.25, -0.2) is 0 Å². The predicted octanol–water partition coefficient (Wildman–Crippen LogP) is 12.3. The van der Waals surface area contributed by atoms with E-state index in [0.29, 0.717) is 11.8 Å². The fourth-order valence-corrected chi connectivity index (χ4v) is 6.64. The lowest BCUT2D eigenvalue weighted by atomic mass is 9.93. The molecule has 0 fully saturated rings. The third-order valence-electron chi connectivity index (χ3n) is 9.20. The van der Waals surface area contributed by atoms with Crippen LogP contribution in [0.3, 0.4) is 0 Å². The first-order valence-electron chi connectivity index (χ1n) is 17.1. The zero-order valence-electron chi connectivity index (χ0n) is 25.8. The van der Waals surface area contributed by atoms with Gasteiger partial charge in [0.05, 0.1) is 12.2 Å². The molecule has 2 aliphatic carbocycles. The van der Waals surface area contributed by atoms with E-state index in [1.807, 2.05) is 0 Å².